The van der Waals surface area contributed by atoms with Crippen molar-refractivity contribution < 1.29 is 30.6 Å². The highest BCUT2D eigenvalue weighted by Crippen LogP contribution is 2.13. The maximum absolute atomic E-state index is 9.10. The summed E-state index contributed by atoms with van der Waals surface area (Å²) in [6, 6.07) is 0. The highest BCUT2D eigenvalue weighted by molar-refractivity contribution is 6.20. The second-order valence-electron chi connectivity index (χ2n) is 2.71. The van der Waals surface area contributed by atoms with Crippen LogP contribution >= 0.6 is 23.2 Å². The first-order valence-corrected chi connectivity index (χ1v) is 4.53. The van der Waals surface area contributed by atoms with Crippen molar-refractivity contribution in [2.45, 2.75) is 35.5 Å². The van der Waals surface area contributed by atoms with Gasteiger partial charge >= 0.3 is 0 Å². The van der Waals surface area contributed by atoms with Gasteiger partial charge in [0.1, 0.15) is 24.4 Å². The van der Waals surface area contributed by atoms with Crippen molar-refractivity contribution in [3.8, 4) is 0 Å². The van der Waals surface area contributed by atoms with Crippen LogP contribution in [0.3, 0.4) is 0 Å². The summed E-state index contributed by atoms with van der Waals surface area (Å²) in [5.74, 6) is 0. The van der Waals surface area contributed by atoms with Crippen LogP contribution in [0.4, 0.5) is 0 Å². The summed E-state index contributed by atoms with van der Waals surface area (Å²) in [6.45, 7) is 0. The van der Waals surface area contributed by atoms with Gasteiger partial charge < -0.3 is 30.6 Å². The molecule has 0 radical (unpaired) electrons. The molecule has 0 saturated heterocycles. The standard InChI is InChI=1S/C6H12Cl2O6/c7-5(13)3(11)1(9)2(10)4(12)6(8)14/h1-6,9-14H/t1-,2-,3+,4+,5-,6-/m1/s1. The topological polar surface area (TPSA) is 121 Å². The van der Waals surface area contributed by atoms with Crippen LogP contribution < -0.4 is 0 Å². The van der Waals surface area contributed by atoms with Gasteiger partial charge in [-0.25, -0.2) is 0 Å². The summed E-state index contributed by atoms with van der Waals surface area (Å²) >= 11 is 10.0. The summed E-state index contributed by atoms with van der Waals surface area (Å²) < 4.78 is 0. The Labute approximate surface area is 89.9 Å². The van der Waals surface area contributed by atoms with Crippen LogP contribution in [0.1, 0.15) is 0 Å². The predicted molar refractivity (Wildman–Crippen MR) is 47.7 cm³/mol. The van der Waals surface area contributed by atoms with E-state index in [-0.39, 0.29) is 0 Å². The fourth-order valence-electron chi connectivity index (χ4n) is 0.729. The Balaban J connectivity index is 4.30. The van der Waals surface area contributed by atoms with E-state index in [1.165, 1.54) is 0 Å². The van der Waals surface area contributed by atoms with E-state index >= 15 is 0 Å². The lowest BCUT2D eigenvalue weighted by atomic mass is 10.0. The molecule has 0 rings (SSSR count). The molecule has 6 nitrogen and oxygen atoms in total. The minimum atomic E-state index is -1.93. The molecule has 0 aromatic carbocycles. The predicted octanol–water partition coefficient (Wildman–Crippen LogP) is -2.46. The van der Waals surface area contributed by atoms with Crippen molar-refractivity contribution in [1.29, 1.82) is 0 Å². The van der Waals surface area contributed by atoms with E-state index in [2.05, 4.69) is 0 Å². The zero-order valence-corrected chi connectivity index (χ0v) is 8.42. The highest BCUT2D eigenvalue weighted by atomic mass is 35.5. The Morgan fingerprint density at radius 2 is 0.714 bits per heavy atom. The van der Waals surface area contributed by atoms with Crippen molar-refractivity contribution in [2.75, 3.05) is 0 Å². The van der Waals surface area contributed by atoms with Crippen LogP contribution in [0.25, 0.3) is 0 Å². The van der Waals surface area contributed by atoms with E-state index in [0.29, 0.717) is 0 Å². The lowest BCUT2D eigenvalue weighted by molar-refractivity contribution is -0.133. The third-order valence-electron chi connectivity index (χ3n) is 1.61. The molecular weight excluding hydrogens is 239 g/mol. The number of aliphatic hydroxyl groups excluding tert-OH is 6. The lowest BCUT2D eigenvalue weighted by Crippen LogP contribution is -2.50. The Morgan fingerprint density at radius 3 is 0.857 bits per heavy atom. The van der Waals surface area contributed by atoms with Gasteiger partial charge in [0, 0.05) is 0 Å². The minimum absolute atomic E-state index is 1.81. The van der Waals surface area contributed by atoms with E-state index in [0.717, 1.165) is 0 Å². The Bertz CT molecular complexity index is 148. The van der Waals surface area contributed by atoms with Crippen LogP contribution in [0.2, 0.25) is 0 Å². The first kappa shape index (κ1) is 14.3. The summed E-state index contributed by atoms with van der Waals surface area (Å²) in [6.07, 6.45) is -7.58. The normalized spacial score (nSPS) is 24.9. The van der Waals surface area contributed by atoms with Crippen molar-refractivity contribution in [3.05, 3.63) is 0 Å². The zero-order chi connectivity index (χ0) is 11.5. The Morgan fingerprint density at radius 1 is 0.500 bits per heavy atom. The Hall–Kier alpha value is 0.340. The van der Waals surface area contributed by atoms with Crippen LogP contribution in [0.5, 0.6) is 0 Å². The minimum Gasteiger partial charge on any atom is -0.387 e. The van der Waals surface area contributed by atoms with Crippen LogP contribution in [0.15, 0.2) is 0 Å². The van der Waals surface area contributed by atoms with Gasteiger partial charge in [-0.1, -0.05) is 23.2 Å². The molecule has 0 aromatic heterocycles. The lowest BCUT2D eigenvalue weighted by Gasteiger charge is -2.27. The first-order chi connectivity index (χ1) is 6.29. The summed E-state index contributed by atoms with van der Waals surface area (Å²) in [4.78, 5) is 0. The van der Waals surface area contributed by atoms with Crippen molar-refractivity contribution >= 4 is 23.2 Å². The van der Waals surface area contributed by atoms with Gasteiger partial charge in [-0.2, -0.15) is 0 Å². The SMILES string of the molecule is O[C@H]([C@@H](O)[C@H](O)[C@@H](O)Cl)[C@H](O)[C@@H](O)Cl. The van der Waals surface area contributed by atoms with Crippen molar-refractivity contribution in [3.63, 3.8) is 0 Å². The largest absolute Gasteiger partial charge is 0.387 e. The molecule has 6 atom stereocenters. The van der Waals surface area contributed by atoms with E-state index < -0.39 is 35.5 Å². The highest BCUT2D eigenvalue weighted by Gasteiger charge is 2.35. The molecule has 0 bridgehead atoms. The fraction of sp³-hybridized carbons (Fsp3) is 1.00. The molecule has 0 heterocycles. The maximum atomic E-state index is 9.10. The smallest absolute Gasteiger partial charge is 0.156 e. The van der Waals surface area contributed by atoms with E-state index in [4.69, 9.17) is 53.8 Å². The van der Waals surface area contributed by atoms with Gasteiger partial charge in [-0.05, 0) is 0 Å². The molecule has 0 fully saturated rings. The maximum Gasteiger partial charge on any atom is 0.156 e. The van der Waals surface area contributed by atoms with Gasteiger partial charge in [0.05, 0.1) is 0 Å². The zero-order valence-electron chi connectivity index (χ0n) is 6.90. The molecule has 8 heteroatoms. The van der Waals surface area contributed by atoms with E-state index in [1.807, 2.05) is 0 Å². The monoisotopic (exact) mass is 250 g/mol. The number of hydrogen-bond acceptors (Lipinski definition) is 6. The van der Waals surface area contributed by atoms with E-state index in [9.17, 15) is 0 Å². The molecule has 86 valence electrons. The van der Waals surface area contributed by atoms with Crippen LogP contribution in [-0.4, -0.2) is 66.2 Å². The molecule has 0 unspecified atom stereocenters. The molecule has 6 N–H and O–H groups in total. The third-order valence-corrected chi connectivity index (χ3v) is 2.13. The second kappa shape index (κ2) is 6.04. The van der Waals surface area contributed by atoms with Crippen LogP contribution in [-0.2, 0) is 0 Å². The number of aliphatic hydroxyl groups is 6. The van der Waals surface area contributed by atoms with Crippen LogP contribution in [0, 0.1) is 0 Å². The molecular formula is C6H12Cl2O6. The van der Waals surface area contributed by atoms with Gasteiger partial charge in [0.15, 0.2) is 11.1 Å². The van der Waals surface area contributed by atoms with Crippen molar-refractivity contribution in [2.24, 2.45) is 0 Å². The summed E-state index contributed by atoms with van der Waals surface area (Å²) in [5.41, 5.74) is -3.61. The molecule has 0 aliphatic heterocycles. The Kier molecular flexibility index (Phi) is 6.19. The fourth-order valence-corrected chi connectivity index (χ4v) is 1.03. The van der Waals surface area contributed by atoms with Gasteiger partial charge in [0.25, 0.3) is 0 Å². The molecule has 0 spiro atoms. The third kappa shape index (κ3) is 3.84. The molecule has 0 aromatic rings. The van der Waals surface area contributed by atoms with Crippen molar-refractivity contribution in [1.82, 2.24) is 0 Å². The first-order valence-electron chi connectivity index (χ1n) is 3.65. The number of rotatable bonds is 5. The molecule has 0 saturated carbocycles. The van der Waals surface area contributed by atoms with E-state index in [1.54, 1.807) is 0 Å². The molecule has 0 amide bonds. The average Bonchev–Trinajstić information content (AvgIpc) is 2.12. The van der Waals surface area contributed by atoms with Gasteiger partial charge in [-0.15, -0.1) is 0 Å². The number of halogens is 2. The summed E-state index contributed by atoms with van der Waals surface area (Å²) in [5, 5.41) is 53.4. The number of hydrogen-bond donors (Lipinski definition) is 6. The van der Waals surface area contributed by atoms with Gasteiger partial charge in [0.2, 0.25) is 0 Å². The van der Waals surface area contributed by atoms with Gasteiger partial charge in [-0.3, -0.25) is 0 Å². The number of alkyl halides is 2. The molecule has 0 aliphatic carbocycles. The average molecular weight is 251 g/mol. The molecule has 0 aliphatic rings. The molecule has 14 heavy (non-hydrogen) atoms. The second-order valence-corrected chi connectivity index (χ2v) is 3.60. The quantitative estimate of drug-likeness (QED) is 0.301. The summed E-state index contributed by atoms with van der Waals surface area (Å²) in [7, 11) is 0.